The molecule has 0 spiro atoms. The van der Waals surface area contributed by atoms with E-state index in [2.05, 4.69) is 32.9 Å². The average molecular weight is 163 g/mol. The van der Waals surface area contributed by atoms with Crippen molar-refractivity contribution in [2.24, 2.45) is 5.73 Å². The first kappa shape index (κ1) is 9.27. The third-order valence-corrected chi connectivity index (χ3v) is 2.23. The Labute approximate surface area is 74.6 Å². The van der Waals surface area contributed by atoms with Crippen LogP contribution in [0.2, 0.25) is 0 Å². The van der Waals surface area contributed by atoms with Gasteiger partial charge in [-0.3, -0.25) is 0 Å². The van der Waals surface area contributed by atoms with Crippen molar-refractivity contribution < 1.29 is 0 Å². The summed E-state index contributed by atoms with van der Waals surface area (Å²) in [6.07, 6.45) is 0.998. The Morgan fingerprint density at radius 3 is 2.00 bits per heavy atom. The minimum absolute atomic E-state index is 0.741. The molecular weight excluding hydrogens is 146 g/mol. The van der Waals surface area contributed by atoms with E-state index in [0.717, 1.165) is 13.0 Å². The van der Waals surface area contributed by atoms with Crippen LogP contribution in [-0.2, 0) is 6.42 Å². The molecule has 1 heteroatoms. The second-order valence-electron chi connectivity index (χ2n) is 3.42. The largest absolute Gasteiger partial charge is 0.330 e. The quantitative estimate of drug-likeness (QED) is 0.710. The molecule has 0 aliphatic carbocycles. The second-order valence-corrected chi connectivity index (χ2v) is 3.42. The first-order valence-corrected chi connectivity index (χ1v) is 4.42. The van der Waals surface area contributed by atoms with Gasteiger partial charge in [0, 0.05) is 0 Å². The summed E-state index contributed by atoms with van der Waals surface area (Å²) in [7, 11) is 0. The Morgan fingerprint density at radius 2 is 1.58 bits per heavy atom. The Balaban J connectivity index is 3.10. The highest BCUT2D eigenvalue weighted by atomic mass is 14.5. The van der Waals surface area contributed by atoms with E-state index < -0.39 is 0 Å². The molecule has 0 fully saturated rings. The summed E-state index contributed by atoms with van der Waals surface area (Å²) in [5, 5.41) is 0. The maximum Gasteiger partial charge on any atom is -0.00365 e. The van der Waals surface area contributed by atoms with Gasteiger partial charge in [-0.1, -0.05) is 17.7 Å². The number of nitrogens with two attached hydrogens (primary N) is 1. The lowest BCUT2D eigenvalue weighted by Crippen LogP contribution is -2.06. The minimum Gasteiger partial charge on any atom is -0.330 e. The van der Waals surface area contributed by atoms with Crippen molar-refractivity contribution in [3.8, 4) is 0 Å². The van der Waals surface area contributed by atoms with Gasteiger partial charge in [0.05, 0.1) is 0 Å². The van der Waals surface area contributed by atoms with Crippen molar-refractivity contribution in [1.82, 2.24) is 0 Å². The number of rotatable bonds is 2. The predicted molar refractivity (Wildman–Crippen MR) is 53.4 cm³/mol. The Kier molecular flexibility index (Phi) is 2.88. The van der Waals surface area contributed by atoms with E-state index in [4.69, 9.17) is 5.73 Å². The number of benzene rings is 1. The lowest BCUT2D eigenvalue weighted by atomic mass is 9.97. The number of hydrogen-bond acceptors (Lipinski definition) is 1. The van der Waals surface area contributed by atoms with Crippen molar-refractivity contribution in [3.05, 3.63) is 34.4 Å². The zero-order valence-electron chi connectivity index (χ0n) is 8.15. The third-order valence-electron chi connectivity index (χ3n) is 2.23. The smallest absolute Gasteiger partial charge is 0.00365 e. The van der Waals surface area contributed by atoms with Gasteiger partial charge in [0.2, 0.25) is 0 Å². The van der Waals surface area contributed by atoms with Crippen LogP contribution in [0.15, 0.2) is 12.1 Å². The summed E-state index contributed by atoms with van der Waals surface area (Å²) in [5.41, 5.74) is 11.0. The number of hydrogen-bond donors (Lipinski definition) is 1. The standard InChI is InChI=1S/C11H17N/c1-8-6-9(2)11(4-5-12)10(3)7-8/h6-7H,4-5,12H2,1-3H3. The summed E-state index contributed by atoms with van der Waals surface area (Å²) in [6, 6.07) is 4.44. The van der Waals surface area contributed by atoms with Crippen molar-refractivity contribution in [3.63, 3.8) is 0 Å². The molecule has 0 atom stereocenters. The SMILES string of the molecule is Cc1cc(C)c(CCN)c(C)c1. The summed E-state index contributed by atoms with van der Waals surface area (Å²) in [6.45, 7) is 7.19. The van der Waals surface area contributed by atoms with Crippen LogP contribution < -0.4 is 5.73 Å². The molecule has 0 aliphatic heterocycles. The topological polar surface area (TPSA) is 26.0 Å². The fourth-order valence-corrected chi connectivity index (χ4v) is 1.75. The molecule has 1 aromatic rings. The molecule has 12 heavy (non-hydrogen) atoms. The summed E-state index contributed by atoms with van der Waals surface area (Å²) < 4.78 is 0. The van der Waals surface area contributed by atoms with Crippen LogP contribution in [-0.4, -0.2) is 6.54 Å². The highest BCUT2D eigenvalue weighted by Crippen LogP contribution is 2.16. The van der Waals surface area contributed by atoms with Crippen LogP contribution in [0.4, 0.5) is 0 Å². The van der Waals surface area contributed by atoms with Gasteiger partial charge in [-0.25, -0.2) is 0 Å². The highest BCUT2D eigenvalue weighted by Gasteiger charge is 2.01. The molecule has 0 radical (unpaired) electrons. The molecule has 0 saturated heterocycles. The molecule has 0 aromatic heterocycles. The maximum atomic E-state index is 5.54. The van der Waals surface area contributed by atoms with Gasteiger partial charge < -0.3 is 5.73 Å². The van der Waals surface area contributed by atoms with Gasteiger partial charge in [-0.15, -0.1) is 0 Å². The Bertz CT molecular complexity index is 253. The molecule has 0 bridgehead atoms. The van der Waals surface area contributed by atoms with Gasteiger partial charge in [0.15, 0.2) is 0 Å². The van der Waals surface area contributed by atoms with E-state index >= 15 is 0 Å². The van der Waals surface area contributed by atoms with Crippen LogP contribution in [0.3, 0.4) is 0 Å². The van der Waals surface area contributed by atoms with Gasteiger partial charge in [0.1, 0.15) is 0 Å². The van der Waals surface area contributed by atoms with Crippen LogP contribution in [0.25, 0.3) is 0 Å². The molecule has 1 aromatic carbocycles. The zero-order chi connectivity index (χ0) is 9.14. The Hall–Kier alpha value is -0.820. The van der Waals surface area contributed by atoms with Gasteiger partial charge >= 0.3 is 0 Å². The molecule has 1 rings (SSSR count). The number of aryl methyl sites for hydroxylation is 3. The fourth-order valence-electron chi connectivity index (χ4n) is 1.75. The third kappa shape index (κ3) is 1.86. The van der Waals surface area contributed by atoms with Crippen molar-refractivity contribution >= 4 is 0 Å². The molecule has 0 heterocycles. The van der Waals surface area contributed by atoms with Crippen molar-refractivity contribution in [2.75, 3.05) is 6.54 Å². The molecular formula is C11H17N. The van der Waals surface area contributed by atoms with E-state index in [9.17, 15) is 0 Å². The van der Waals surface area contributed by atoms with Gasteiger partial charge in [0.25, 0.3) is 0 Å². The first-order valence-electron chi connectivity index (χ1n) is 4.42. The van der Waals surface area contributed by atoms with E-state index in [-0.39, 0.29) is 0 Å². The zero-order valence-corrected chi connectivity index (χ0v) is 8.15. The van der Waals surface area contributed by atoms with Crippen LogP contribution in [0, 0.1) is 20.8 Å². The highest BCUT2D eigenvalue weighted by molar-refractivity contribution is 5.37. The van der Waals surface area contributed by atoms with E-state index in [0.29, 0.717) is 0 Å². The molecule has 0 saturated carbocycles. The minimum atomic E-state index is 0.741. The normalized spacial score (nSPS) is 10.3. The summed E-state index contributed by atoms with van der Waals surface area (Å²) >= 11 is 0. The maximum absolute atomic E-state index is 5.54. The molecule has 1 nitrogen and oxygen atoms in total. The monoisotopic (exact) mass is 163 g/mol. The lowest BCUT2D eigenvalue weighted by Gasteiger charge is -2.09. The molecule has 0 amide bonds. The molecule has 0 unspecified atom stereocenters. The van der Waals surface area contributed by atoms with Gasteiger partial charge in [-0.05, 0) is 50.4 Å². The molecule has 2 N–H and O–H groups in total. The van der Waals surface area contributed by atoms with E-state index in [1.165, 1.54) is 22.3 Å². The summed E-state index contributed by atoms with van der Waals surface area (Å²) in [4.78, 5) is 0. The van der Waals surface area contributed by atoms with Crippen LogP contribution in [0.5, 0.6) is 0 Å². The lowest BCUT2D eigenvalue weighted by molar-refractivity contribution is 0.944. The Morgan fingerprint density at radius 1 is 1.08 bits per heavy atom. The van der Waals surface area contributed by atoms with E-state index in [1.807, 2.05) is 0 Å². The van der Waals surface area contributed by atoms with E-state index in [1.54, 1.807) is 0 Å². The van der Waals surface area contributed by atoms with Crippen LogP contribution >= 0.6 is 0 Å². The van der Waals surface area contributed by atoms with Crippen molar-refractivity contribution in [2.45, 2.75) is 27.2 Å². The average Bonchev–Trinajstić information content (AvgIpc) is 1.96. The molecule has 0 aliphatic rings. The predicted octanol–water partition coefficient (Wildman–Crippen LogP) is 2.11. The van der Waals surface area contributed by atoms with Crippen molar-refractivity contribution in [1.29, 1.82) is 0 Å². The molecule has 66 valence electrons. The van der Waals surface area contributed by atoms with Crippen LogP contribution in [0.1, 0.15) is 22.3 Å². The first-order chi connectivity index (χ1) is 5.65. The fraction of sp³-hybridized carbons (Fsp3) is 0.455. The summed E-state index contributed by atoms with van der Waals surface area (Å²) in [5.74, 6) is 0. The van der Waals surface area contributed by atoms with Gasteiger partial charge in [-0.2, -0.15) is 0 Å². The second kappa shape index (κ2) is 3.72.